The predicted molar refractivity (Wildman–Crippen MR) is 80.6 cm³/mol. The SMILES string of the molecule is CNc1cnccc1C(=O)Nc1ccc(C)cc1Br. The Morgan fingerprint density at radius 3 is 2.74 bits per heavy atom. The van der Waals surface area contributed by atoms with E-state index in [1.165, 1.54) is 0 Å². The van der Waals surface area contributed by atoms with Gasteiger partial charge in [-0.05, 0) is 46.6 Å². The molecule has 98 valence electrons. The molecule has 4 nitrogen and oxygen atoms in total. The summed E-state index contributed by atoms with van der Waals surface area (Å²) in [6, 6.07) is 7.47. The number of nitrogens with zero attached hydrogens (tertiary/aromatic N) is 1. The van der Waals surface area contributed by atoms with Gasteiger partial charge in [0.2, 0.25) is 0 Å². The van der Waals surface area contributed by atoms with Crippen molar-refractivity contribution in [2.24, 2.45) is 0 Å². The normalized spacial score (nSPS) is 10.1. The molecule has 0 atom stereocenters. The number of halogens is 1. The van der Waals surface area contributed by atoms with E-state index in [1.54, 1.807) is 25.5 Å². The van der Waals surface area contributed by atoms with E-state index in [1.807, 2.05) is 25.1 Å². The molecule has 0 spiro atoms. The van der Waals surface area contributed by atoms with Crippen LogP contribution >= 0.6 is 15.9 Å². The van der Waals surface area contributed by atoms with Crippen LogP contribution < -0.4 is 10.6 Å². The molecule has 5 heteroatoms. The van der Waals surface area contributed by atoms with Crippen molar-refractivity contribution >= 4 is 33.2 Å². The first-order valence-corrected chi connectivity index (χ1v) is 6.60. The Labute approximate surface area is 120 Å². The number of nitrogens with one attached hydrogen (secondary N) is 2. The van der Waals surface area contributed by atoms with Crippen LogP contribution in [0.15, 0.2) is 41.1 Å². The number of pyridine rings is 1. The number of rotatable bonds is 3. The Morgan fingerprint density at radius 1 is 1.26 bits per heavy atom. The molecule has 1 aromatic carbocycles. The van der Waals surface area contributed by atoms with Gasteiger partial charge in [-0.2, -0.15) is 0 Å². The van der Waals surface area contributed by atoms with E-state index < -0.39 is 0 Å². The molecule has 1 aromatic heterocycles. The highest BCUT2D eigenvalue weighted by molar-refractivity contribution is 9.10. The number of aromatic nitrogens is 1. The minimum absolute atomic E-state index is 0.170. The quantitative estimate of drug-likeness (QED) is 0.911. The molecule has 0 bridgehead atoms. The molecule has 0 radical (unpaired) electrons. The fourth-order valence-electron chi connectivity index (χ4n) is 1.70. The second-order valence-corrected chi connectivity index (χ2v) is 4.96. The first kappa shape index (κ1) is 13.5. The fourth-order valence-corrected chi connectivity index (χ4v) is 2.30. The van der Waals surface area contributed by atoms with E-state index in [9.17, 15) is 4.79 Å². The number of carbonyl (C=O) groups excluding carboxylic acids is 1. The predicted octanol–water partition coefficient (Wildman–Crippen LogP) is 3.45. The van der Waals surface area contributed by atoms with Crippen molar-refractivity contribution in [2.75, 3.05) is 17.7 Å². The summed E-state index contributed by atoms with van der Waals surface area (Å²) >= 11 is 3.44. The molecular weight excluding hydrogens is 306 g/mol. The van der Waals surface area contributed by atoms with Crippen LogP contribution in [-0.2, 0) is 0 Å². The second-order valence-electron chi connectivity index (χ2n) is 4.11. The van der Waals surface area contributed by atoms with Crippen LogP contribution in [0, 0.1) is 6.92 Å². The zero-order valence-electron chi connectivity index (χ0n) is 10.7. The van der Waals surface area contributed by atoms with Gasteiger partial charge >= 0.3 is 0 Å². The van der Waals surface area contributed by atoms with Crippen molar-refractivity contribution in [3.05, 3.63) is 52.3 Å². The minimum Gasteiger partial charge on any atom is -0.386 e. The summed E-state index contributed by atoms with van der Waals surface area (Å²) < 4.78 is 0.862. The van der Waals surface area contributed by atoms with E-state index in [4.69, 9.17) is 0 Å². The number of benzene rings is 1. The molecule has 0 fully saturated rings. The van der Waals surface area contributed by atoms with Crippen LogP contribution in [0.25, 0.3) is 0 Å². The van der Waals surface area contributed by atoms with Crippen molar-refractivity contribution in [3.8, 4) is 0 Å². The topological polar surface area (TPSA) is 54.0 Å². The summed E-state index contributed by atoms with van der Waals surface area (Å²) in [5, 5.41) is 5.83. The van der Waals surface area contributed by atoms with Crippen molar-refractivity contribution in [2.45, 2.75) is 6.92 Å². The lowest BCUT2D eigenvalue weighted by atomic mass is 10.2. The van der Waals surface area contributed by atoms with Crippen LogP contribution in [0.3, 0.4) is 0 Å². The van der Waals surface area contributed by atoms with Gasteiger partial charge in [0.1, 0.15) is 0 Å². The summed E-state index contributed by atoms with van der Waals surface area (Å²) in [6.07, 6.45) is 3.22. The standard InChI is InChI=1S/C14H14BrN3O/c1-9-3-4-12(11(15)7-9)18-14(19)10-5-6-17-8-13(10)16-2/h3-8,16H,1-2H3,(H,18,19). The number of anilines is 2. The molecule has 0 saturated heterocycles. The number of amides is 1. The van der Waals surface area contributed by atoms with Crippen LogP contribution in [0.1, 0.15) is 15.9 Å². The van der Waals surface area contributed by atoms with Gasteiger partial charge in [-0.1, -0.05) is 6.07 Å². The summed E-state index contributed by atoms with van der Waals surface area (Å²) in [5.41, 5.74) is 3.13. The highest BCUT2D eigenvalue weighted by Gasteiger charge is 2.12. The molecule has 2 rings (SSSR count). The lowest BCUT2D eigenvalue weighted by molar-refractivity contribution is 0.102. The zero-order valence-corrected chi connectivity index (χ0v) is 12.3. The molecule has 0 unspecified atom stereocenters. The molecule has 2 aromatic rings. The van der Waals surface area contributed by atoms with Crippen molar-refractivity contribution in [1.82, 2.24) is 4.98 Å². The lowest BCUT2D eigenvalue weighted by Crippen LogP contribution is -2.14. The Bertz CT molecular complexity index is 613. The molecule has 19 heavy (non-hydrogen) atoms. The Kier molecular flexibility index (Phi) is 4.16. The summed E-state index contributed by atoms with van der Waals surface area (Å²) in [5.74, 6) is -0.170. The van der Waals surface area contributed by atoms with E-state index >= 15 is 0 Å². The van der Waals surface area contributed by atoms with Gasteiger partial charge in [-0.15, -0.1) is 0 Å². The van der Waals surface area contributed by atoms with Gasteiger partial charge in [0.25, 0.3) is 5.91 Å². The molecule has 1 heterocycles. The second kappa shape index (κ2) is 5.84. The molecule has 0 aliphatic heterocycles. The molecule has 0 aliphatic carbocycles. The monoisotopic (exact) mass is 319 g/mol. The third-order valence-electron chi connectivity index (χ3n) is 2.71. The van der Waals surface area contributed by atoms with Crippen molar-refractivity contribution in [1.29, 1.82) is 0 Å². The van der Waals surface area contributed by atoms with Gasteiger partial charge < -0.3 is 10.6 Å². The summed E-state index contributed by atoms with van der Waals surface area (Å²) in [4.78, 5) is 16.2. The van der Waals surface area contributed by atoms with E-state index in [-0.39, 0.29) is 5.91 Å². The van der Waals surface area contributed by atoms with E-state index in [0.717, 1.165) is 15.7 Å². The van der Waals surface area contributed by atoms with Crippen LogP contribution in [0.4, 0.5) is 11.4 Å². The zero-order chi connectivity index (χ0) is 13.8. The smallest absolute Gasteiger partial charge is 0.257 e. The fraction of sp³-hybridized carbons (Fsp3) is 0.143. The average molecular weight is 320 g/mol. The molecule has 1 amide bonds. The number of hydrogen-bond donors (Lipinski definition) is 2. The van der Waals surface area contributed by atoms with Crippen LogP contribution in [-0.4, -0.2) is 17.9 Å². The number of aryl methyl sites for hydroxylation is 1. The lowest BCUT2D eigenvalue weighted by Gasteiger charge is -2.10. The maximum Gasteiger partial charge on any atom is 0.257 e. The van der Waals surface area contributed by atoms with Gasteiger partial charge in [-0.25, -0.2) is 0 Å². The Balaban J connectivity index is 2.26. The maximum atomic E-state index is 12.2. The Morgan fingerprint density at radius 2 is 2.05 bits per heavy atom. The summed E-state index contributed by atoms with van der Waals surface area (Å²) in [6.45, 7) is 2.00. The molecule has 0 saturated carbocycles. The maximum absolute atomic E-state index is 12.2. The largest absolute Gasteiger partial charge is 0.386 e. The van der Waals surface area contributed by atoms with Gasteiger partial charge in [0, 0.05) is 17.7 Å². The average Bonchev–Trinajstić information content (AvgIpc) is 2.41. The van der Waals surface area contributed by atoms with Crippen molar-refractivity contribution in [3.63, 3.8) is 0 Å². The third-order valence-corrected chi connectivity index (χ3v) is 3.36. The van der Waals surface area contributed by atoms with Gasteiger partial charge in [0.05, 0.1) is 23.1 Å². The molecular formula is C14H14BrN3O. The third kappa shape index (κ3) is 3.12. The Hall–Kier alpha value is -1.88. The number of carbonyl (C=O) groups is 1. The minimum atomic E-state index is -0.170. The molecule has 2 N–H and O–H groups in total. The highest BCUT2D eigenvalue weighted by atomic mass is 79.9. The summed E-state index contributed by atoms with van der Waals surface area (Å²) in [7, 11) is 1.76. The van der Waals surface area contributed by atoms with Crippen LogP contribution in [0.5, 0.6) is 0 Å². The van der Waals surface area contributed by atoms with Crippen molar-refractivity contribution < 1.29 is 4.79 Å². The van der Waals surface area contributed by atoms with Gasteiger partial charge in [0.15, 0.2) is 0 Å². The first-order chi connectivity index (χ1) is 9.11. The van der Waals surface area contributed by atoms with Crippen LogP contribution in [0.2, 0.25) is 0 Å². The molecule has 0 aliphatic rings. The van der Waals surface area contributed by atoms with E-state index in [0.29, 0.717) is 11.3 Å². The van der Waals surface area contributed by atoms with Gasteiger partial charge in [-0.3, -0.25) is 9.78 Å². The number of hydrogen-bond acceptors (Lipinski definition) is 3. The highest BCUT2D eigenvalue weighted by Crippen LogP contribution is 2.24. The first-order valence-electron chi connectivity index (χ1n) is 5.81. The van der Waals surface area contributed by atoms with E-state index in [2.05, 4.69) is 31.5 Å².